The van der Waals surface area contributed by atoms with Gasteiger partial charge in [0.15, 0.2) is 9.84 Å². The lowest BCUT2D eigenvalue weighted by Crippen LogP contribution is -2.07. The van der Waals surface area contributed by atoms with Crippen LogP contribution in [0, 0.1) is 6.92 Å². The molecule has 25 heavy (non-hydrogen) atoms. The van der Waals surface area contributed by atoms with Crippen LogP contribution in [0.4, 0.5) is 5.95 Å². The maximum Gasteiger partial charge on any atom is 0.248 e. The van der Waals surface area contributed by atoms with E-state index < -0.39 is 9.84 Å². The van der Waals surface area contributed by atoms with E-state index in [0.717, 1.165) is 16.8 Å². The third kappa shape index (κ3) is 4.63. The molecule has 0 saturated carbocycles. The second kappa shape index (κ2) is 7.02. The Labute approximate surface area is 146 Å². The zero-order valence-corrected chi connectivity index (χ0v) is 14.9. The Kier molecular flexibility index (Phi) is 4.80. The molecular formula is C17H19N5O2S. The van der Waals surface area contributed by atoms with Crippen LogP contribution < -0.4 is 5.32 Å². The van der Waals surface area contributed by atoms with Crippen molar-refractivity contribution in [2.24, 2.45) is 0 Å². The summed E-state index contributed by atoms with van der Waals surface area (Å²) in [7, 11) is -3.02. The summed E-state index contributed by atoms with van der Waals surface area (Å²) in [5.74, 6) is 0.593. The van der Waals surface area contributed by atoms with Crippen LogP contribution in [0.15, 0.2) is 48.5 Å². The van der Waals surface area contributed by atoms with Gasteiger partial charge in [-0.15, -0.1) is 0 Å². The first-order valence-corrected chi connectivity index (χ1v) is 9.81. The molecule has 0 atom stereocenters. The van der Waals surface area contributed by atoms with Crippen LogP contribution >= 0.6 is 0 Å². The molecule has 0 aliphatic carbocycles. The van der Waals surface area contributed by atoms with Crippen LogP contribution in [0.25, 0.3) is 5.69 Å². The fraction of sp³-hybridized carbons (Fsp3) is 0.235. The fourth-order valence-corrected chi connectivity index (χ4v) is 3.19. The maximum absolute atomic E-state index is 11.3. The minimum absolute atomic E-state index is 0.0480. The van der Waals surface area contributed by atoms with E-state index in [1.54, 1.807) is 4.68 Å². The number of rotatable bonds is 6. The van der Waals surface area contributed by atoms with Gasteiger partial charge in [0.1, 0.15) is 0 Å². The normalized spacial score (nSPS) is 11.4. The van der Waals surface area contributed by atoms with E-state index in [9.17, 15) is 8.42 Å². The molecule has 7 nitrogen and oxygen atoms in total. The average molecular weight is 357 g/mol. The molecule has 8 heteroatoms. The molecule has 130 valence electrons. The van der Waals surface area contributed by atoms with E-state index in [0.29, 0.717) is 12.5 Å². The predicted molar refractivity (Wildman–Crippen MR) is 96.2 cm³/mol. The molecular weight excluding hydrogens is 338 g/mol. The number of benzene rings is 2. The van der Waals surface area contributed by atoms with E-state index in [-0.39, 0.29) is 5.75 Å². The molecule has 0 unspecified atom stereocenters. The second-order valence-electron chi connectivity index (χ2n) is 5.99. The maximum atomic E-state index is 11.3. The van der Waals surface area contributed by atoms with Gasteiger partial charge in [0.25, 0.3) is 0 Å². The Morgan fingerprint density at radius 3 is 2.28 bits per heavy atom. The topological polar surface area (TPSA) is 89.8 Å². The molecule has 0 aliphatic rings. The number of nitrogens with zero attached hydrogens (tertiary/aromatic N) is 4. The van der Waals surface area contributed by atoms with Crippen LogP contribution in [0.2, 0.25) is 0 Å². The van der Waals surface area contributed by atoms with Gasteiger partial charge < -0.3 is 5.32 Å². The van der Waals surface area contributed by atoms with E-state index in [4.69, 9.17) is 0 Å². The molecule has 0 spiro atoms. The molecule has 1 aromatic heterocycles. The number of sulfone groups is 1. The zero-order chi connectivity index (χ0) is 17.9. The van der Waals surface area contributed by atoms with Crippen molar-refractivity contribution in [3.05, 3.63) is 65.2 Å². The zero-order valence-electron chi connectivity index (χ0n) is 14.0. The Morgan fingerprint density at radius 2 is 1.64 bits per heavy atom. The molecule has 1 heterocycles. The van der Waals surface area contributed by atoms with Gasteiger partial charge in [-0.05, 0) is 40.6 Å². The minimum atomic E-state index is -3.02. The lowest BCUT2D eigenvalue weighted by Gasteiger charge is -2.08. The first kappa shape index (κ1) is 17.1. The summed E-state index contributed by atoms with van der Waals surface area (Å²) in [4.78, 5) is 0. The van der Waals surface area contributed by atoms with Gasteiger partial charge in [0.2, 0.25) is 5.95 Å². The summed E-state index contributed by atoms with van der Waals surface area (Å²) in [5.41, 5.74) is 3.83. The summed E-state index contributed by atoms with van der Waals surface area (Å²) in [6.07, 6.45) is 1.23. The van der Waals surface area contributed by atoms with Crippen LogP contribution in [0.3, 0.4) is 0 Å². The number of aryl methyl sites for hydroxylation is 1. The van der Waals surface area contributed by atoms with E-state index in [1.165, 1.54) is 11.8 Å². The standard InChI is InChI=1S/C17H19N5O2S/c1-13-3-9-16(10-4-13)22-17(19-20-21-22)18-11-14-5-7-15(8-6-14)12-25(2,23)24/h3-10H,11-12H2,1-2H3,(H,18,19,21). The predicted octanol–water partition coefficient (Wildman–Crippen LogP) is 2.13. The third-order valence-corrected chi connectivity index (χ3v) is 4.51. The van der Waals surface area contributed by atoms with Gasteiger partial charge >= 0.3 is 0 Å². The summed E-state index contributed by atoms with van der Waals surface area (Å²) < 4.78 is 24.3. The molecule has 0 bridgehead atoms. The van der Waals surface area contributed by atoms with Crippen LogP contribution in [0.5, 0.6) is 0 Å². The molecule has 3 rings (SSSR count). The van der Waals surface area contributed by atoms with Gasteiger partial charge in [-0.25, -0.2) is 8.42 Å². The summed E-state index contributed by atoms with van der Waals surface area (Å²) in [6.45, 7) is 2.56. The summed E-state index contributed by atoms with van der Waals surface area (Å²) >= 11 is 0. The van der Waals surface area contributed by atoms with E-state index in [2.05, 4.69) is 20.8 Å². The Balaban J connectivity index is 1.68. The van der Waals surface area contributed by atoms with Crippen molar-refractivity contribution in [3.63, 3.8) is 0 Å². The fourth-order valence-electron chi connectivity index (χ4n) is 2.39. The van der Waals surface area contributed by atoms with Crippen molar-refractivity contribution in [2.75, 3.05) is 11.6 Å². The number of aromatic nitrogens is 4. The van der Waals surface area contributed by atoms with Gasteiger partial charge in [0, 0.05) is 12.8 Å². The Bertz CT molecular complexity index is 947. The lowest BCUT2D eigenvalue weighted by atomic mass is 10.1. The molecule has 2 aromatic carbocycles. The van der Waals surface area contributed by atoms with Gasteiger partial charge in [-0.3, -0.25) is 0 Å². The average Bonchev–Trinajstić information content (AvgIpc) is 3.02. The second-order valence-corrected chi connectivity index (χ2v) is 8.13. The van der Waals surface area contributed by atoms with E-state index >= 15 is 0 Å². The number of nitrogens with one attached hydrogen (secondary N) is 1. The minimum Gasteiger partial charge on any atom is -0.349 e. The van der Waals surface area contributed by atoms with Gasteiger partial charge in [-0.1, -0.05) is 47.1 Å². The van der Waals surface area contributed by atoms with E-state index in [1.807, 2.05) is 55.5 Å². The molecule has 3 aromatic rings. The molecule has 0 fully saturated rings. The highest BCUT2D eigenvalue weighted by Crippen LogP contribution is 2.14. The first-order chi connectivity index (χ1) is 11.9. The van der Waals surface area contributed by atoms with Crippen molar-refractivity contribution in [3.8, 4) is 5.69 Å². The summed E-state index contributed by atoms with van der Waals surface area (Å²) in [5, 5.41) is 14.9. The molecule has 0 aliphatic heterocycles. The van der Waals surface area contributed by atoms with Crippen molar-refractivity contribution < 1.29 is 8.42 Å². The SMILES string of the molecule is Cc1ccc(-n2nnnc2NCc2ccc(CS(C)(=O)=O)cc2)cc1. The third-order valence-electron chi connectivity index (χ3n) is 3.65. The molecule has 1 N–H and O–H groups in total. The highest BCUT2D eigenvalue weighted by atomic mass is 32.2. The Morgan fingerprint density at radius 1 is 1.00 bits per heavy atom. The van der Waals surface area contributed by atoms with Crippen LogP contribution in [-0.2, 0) is 22.1 Å². The molecule has 0 amide bonds. The number of hydrogen-bond acceptors (Lipinski definition) is 6. The number of anilines is 1. The van der Waals surface area contributed by atoms with Gasteiger partial charge in [-0.2, -0.15) is 4.68 Å². The van der Waals surface area contributed by atoms with Crippen molar-refractivity contribution in [2.45, 2.75) is 19.2 Å². The number of hydrogen-bond donors (Lipinski definition) is 1. The van der Waals surface area contributed by atoms with Crippen LogP contribution in [-0.4, -0.2) is 34.9 Å². The Hall–Kier alpha value is -2.74. The van der Waals surface area contributed by atoms with Crippen molar-refractivity contribution in [1.82, 2.24) is 20.2 Å². The lowest BCUT2D eigenvalue weighted by molar-refractivity contribution is 0.601. The largest absolute Gasteiger partial charge is 0.349 e. The molecule has 0 radical (unpaired) electrons. The van der Waals surface area contributed by atoms with Crippen molar-refractivity contribution in [1.29, 1.82) is 0 Å². The van der Waals surface area contributed by atoms with Crippen molar-refractivity contribution >= 4 is 15.8 Å². The first-order valence-electron chi connectivity index (χ1n) is 7.75. The summed E-state index contributed by atoms with van der Waals surface area (Å²) in [6, 6.07) is 15.3. The molecule has 0 saturated heterocycles. The monoisotopic (exact) mass is 357 g/mol. The highest BCUT2D eigenvalue weighted by Gasteiger charge is 2.08. The van der Waals surface area contributed by atoms with Gasteiger partial charge in [0.05, 0.1) is 11.4 Å². The smallest absolute Gasteiger partial charge is 0.248 e. The highest BCUT2D eigenvalue weighted by molar-refractivity contribution is 7.89. The van der Waals surface area contributed by atoms with Crippen LogP contribution in [0.1, 0.15) is 16.7 Å². The quantitative estimate of drug-likeness (QED) is 0.727. The number of tetrazole rings is 1.